The van der Waals surface area contributed by atoms with E-state index in [0.29, 0.717) is 0 Å². The lowest BCUT2D eigenvalue weighted by atomic mass is 10.0. The molecule has 5 heteroatoms. The van der Waals surface area contributed by atoms with Crippen LogP contribution >= 0.6 is 0 Å². The number of benzene rings is 6. The second kappa shape index (κ2) is 12.8. The molecule has 0 radical (unpaired) electrons. The molecule has 0 fully saturated rings. The Morgan fingerprint density at radius 2 is 0.943 bits per heavy atom. The first-order valence-corrected chi connectivity index (χ1v) is 17.8. The van der Waals surface area contributed by atoms with Gasteiger partial charge in [0, 0.05) is 75.6 Å². The Balaban J connectivity index is 1.19. The summed E-state index contributed by atoms with van der Waals surface area (Å²) in [5, 5.41) is 3.65. The number of anilines is 3. The van der Waals surface area contributed by atoms with Gasteiger partial charge in [-0.15, -0.1) is 0 Å². The first-order valence-electron chi connectivity index (χ1n) is 17.8. The van der Waals surface area contributed by atoms with Crippen LogP contribution < -0.4 is 4.90 Å². The minimum atomic E-state index is 1.07. The van der Waals surface area contributed by atoms with Crippen molar-refractivity contribution in [2.24, 2.45) is 0 Å². The van der Waals surface area contributed by atoms with Gasteiger partial charge < -0.3 is 14.0 Å². The zero-order valence-electron chi connectivity index (χ0n) is 28.8. The van der Waals surface area contributed by atoms with Crippen LogP contribution in [0.1, 0.15) is 0 Å². The number of nitrogens with zero attached hydrogens (tertiary/aromatic N) is 5. The monoisotopic (exact) mass is 679 g/mol. The van der Waals surface area contributed by atoms with Crippen molar-refractivity contribution < 1.29 is 0 Å². The summed E-state index contributed by atoms with van der Waals surface area (Å²) in [5.74, 6) is 0. The van der Waals surface area contributed by atoms with Gasteiger partial charge in [0.05, 0.1) is 16.6 Å². The first kappa shape index (κ1) is 30.6. The van der Waals surface area contributed by atoms with Gasteiger partial charge in [-0.2, -0.15) is 0 Å². The minimum absolute atomic E-state index is 1.07. The summed E-state index contributed by atoms with van der Waals surface area (Å²) in [6.45, 7) is 0. The number of para-hydroxylation sites is 2. The van der Waals surface area contributed by atoms with Crippen LogP contribution in [0.3, 0.4) is 0 Å². The number of aromatic nitrogens is 4. The van der Waals surface area contributed by atoms with Gasteiger partial charge in [0.2, 0.25) is 0 Å². The summed E-state index contributed by atoms with van der Waals surface area (Å²) in [4.78, 5) is 11.0. The van der Waals surface area contributed by atoms with Crippen molar-refractivity contribution in [1.82, 2.24) is 19.1 Å². The van der Waals surface area contributed by atoms with Gasteiger partial charge in [-0.1, -0.05) is 72.8 Å². The van der Waals surface area contributed by atoms with Crippen molar-refractivity contribution in [3.63, 3.8) is 0 Å². The average molecular weight is 680 g/mol. The Morgan fingerprint density at radius 1 is 0.396 bits per heavy atom. The summed E-state index contributed by atoms with van der Waals surface area (Å²) in [6, 6.07) is 60.6. The van der Waals surface area contributed by atoms with Crippen LogP contribution in [-0.2, 0) is 0 Å². The van der Waals surface area contributed by atoms with Gasteiger partial charge in [-0.25, -0.2) is 0 Å². The fraction of sp³-hybridized carbons (Fsp3) is 0. The van der Waals surface area contributed by atoms with E-state index in [-0.39, 0.29) is 0 Å². The number of fused-ring (bicyclic) bond motifs is 5. The molecule has 0 atom stereocenters. The van der Waals surface area contributed by atoms with Gasteiger partial charge in [0.15, 0.2) is 0 Å². The summed E-state index contributed by atoms with van der Waals surface area (Å²) < 4.78 is 4.67. The SMILES string of the molecule is c1ccc(-n2ccc3c4c5cc(N(c6ccc(-c7cccnc7)cc6)c6ccc(-c7cccnc7)cc6)ccc5n(-c5ccccc5)c4ccc32)cc1. The van der Waals surface area contributed by atoms with Crippen molar-refractivity contribution >= 4 is 49.8 Å². The van der Waals surface area contributed by atoms with E-state index in [0.717, 1.165) is 56.2 Å². The third kappa shape index (κ3) is 5.34. The van der Waals surface area contributed by atoms with Gasteiger partial charge in [0.1, 0.15) is 0 Å². The summed E-state index contributed by atoms with van der Waals surface area (Å²) in [7, 11) is 0. The minimum Gasteiger partial charge on any atom is -0.317 e. The molecule has 5 nitrogen and oxygen atoms in total. The van der Waals surface area contributed by atoms with Crippen LogP contribution in [-0.4, -0.2) is 19.1 Å². The smallest absolute Gasteiger partial charge is 0.0548 e. The Bertz CT molecular complexity index is 2760. The molecular formula is C48H33N5. The number of hydrogen-bond donors (Lipinski definition) is 0. The summed E-state index contributed by atoms with van der Waals surface area (Å²) >= 11 is 0. The molecule has 4 aromatic heterocycles. The van der Waals surface area contributed by atoms with E-state index >= 15 is 0 Å². The predicted octanol–water partition coefficient (Wildman–Crippen LogP) is 12.3. The van der Waals surface area contributed by atoms with E-state index in [2.05, 4.69) is 188 Å². The van der Waals surface area contributed by atoms with Crippen molar-refractivity contribution in [2.75, 3.05) is 4.90 Å². The lowest BCUT2D eigenvalue weighted by Gasteiger charge is -2.26. The van der Waals surface area contributed by atoms with E-state index in [1.807, 2.05) is 36.9 Å². The van der Waals surface area contributed by atoms with Crippen molar-refractivity contribution in [1.29, 1.82) is 0 Å². The first-order chi connectivity index (χ1) is 26.3. The molecule has 4 heterocycles. The predicted molar refractivity (Wildman–Crippen MR) is 219 cm³/mol. The zero-order chi connectivity index (χ0) is 35.1. The fourth-order valence-electron chi connectivity index (χ4n) is 7.65. The average Bonchev–Trinajstić information content (AvgIpc) is 3.82. The highest BCUT2D eigenvalue weighted by molar-refractivity contribution is 6.22. The highest BCUT2D eigenvalue weighted by atomic mass is 15.1. The largest absolute Gasteiger partial charge is 0.317 e. The lowest BCUT2D eigenvalue weighted by Crippen LogP contribution is -2.10. The Labute approximate surface area is 307 Å². The molecule has 0 aliphatic heterocycles. The highest BCUT2D eigenvalue weighted by Crippen LogP contribution is 2.43. The normalized spacial score (nSPS) is 11.4. The van der Waals surface area contributed by atoms with E-state index < -0.39 is 0 Å². The third-order valence-corrected chi connectivity index (χ3v) is 10.1. The molecule has 0 saturated carbocycles. The molecule has 10 aromatic rings. The maximum absolute atomic E-state index is 4.35. The molecule has 0 spiro atoms. The molecule has 6 aromatic carbocycles. The second-order valence-corrected chi connectivity index (χ2v) is 13.2. The van der Waals surface area contributed by atoms with Crippen LogP contribution in [0, 0.1) is 0 Å². The number of hydrogen-bond acceptors (Lipinski definition) is 3. The molecule has 53 heavy (non-hydrogen) atoms. The quantitative estimate of drug-likeness (QED) is 0.168. The Hall–Kier alpha value is -7.24. The van der Waals surface area contributed by atoms with Gasteiger partial charge >= 0.3 is 0 Å². The maximum atomic E-state index is 4.35. The molecule has 0 amide bonds. The van der Waals surface area contributed by atoms with E-state index in [9.17, 15) is 0 Å². The zero-order valence-corrected chi connectivity index (χ0v) is 28.8. The summed E-state index contributed by atoms with van der Waals surface area (Å²) in [6.07, 6.45) is 9.63. The van der Waals surface area contributed by atoms with E-state index in [1.165, 1.54) is 27.2 Å². The molecule has 0 N–H and O–H groups in total. The maximum Gasteiger partial charge on any atom is 0.0548 e. The van der Waals surface area contributed by atoms with Crippen LogP contribution in [0.4, 0.5) is 17.1 Å². The topological polar surface area (TPSA) is 38.9 Å². The Morgan fingerprint density at radius 3 is 1.53 bits per heavy atom. The van der Waals surface area contributed by atoms with Crippen molar-refractivity contribution in [3.05, 3.63) is 201 Å². The fourth-order valence-corrected chi connectivity index (χ4v) is 7.65. The third-order valence-electron chi connectivity index (χ3n) is 10.1. The molecule has 0 unspecified atom stereocenters. The van der Waals surface area contributed by atoms with Crippen molar-refractivity contribution in [3.8, 4) is 33.6 Å². The molecule has 0 aliphatic rings. The van der Waals surface area contributed by atoms with Crippen LogP contribution in [0.25, 0.3) is 66.3 Å². The Kier molecular flexibility index (Phi) is 7.40. The van der Waals surface area contributed by atoms with Gasteiger partial charge in [0.25, 0.3) is 0 Å². The molecule has 0 saturated heterocycles. The van der Waals surface area contributed by atoms with Gasteiger partial charge in [-0.05, 0) is 119 Å². The molecule has 250 valence electrons. The van der Waals surface area contributed by atoms with Crippen LogP contribution in [0.5, 0.6) is 0 Å². The van der Waals surface area contributed by atoms with E-state index in [4.69, 9.17) is 0 Å². The molecule has 10 rings (SSSR count). The molecular weight excluding hydrogens is 647 g/mol. The molecule has 0 bridgehead atoms. The summed E-state index contributed by atoms with van der Waals surface area (Å²) in [5.41, 5.74) is 13.4. The van der Waals surface area contributed by atoms with Crippen LogP contribution in [0.15, 0.2) is 201 Å². The van der Waals surface area contributed by atoms with Crippen molar-refractivity contribution in [2.45, 2.75) is 0 Å². The van der Waals surface area contributed by atoms with Gasteiger partial charge in [-0.3, -0.25) is 9.97 Å². The highest BCUT2D eigenvalue weighted by Gasteiger charge is 2.20. The lowest BCUT2D eigenvalue weighted by molar-refractivity contribution is 1.13. The van der Waals surface area contributed by atoms with E-state index in [1.54, 1.807) is 0 Å². The number of rotatable bonds is 7. The number of pyridine rings is 2. The standard InChI is InChI=1S/C48H33N5/c1-3-11-38(12-4-1)51-30-27-43-45(51)25-26-47-48(43)44-31-42(23-24-46(44)53(47)39-13-5-2-6-14-39)52(40-19-15-34(16-20-40)36-9-7-28-49-32-36)41-21-17-35(18-22-41)37-10-8-29-50-33-37/h1-33H. The van der Waals surface area contributed by atoms with Crippen LogP contribution in [0.2, 0.25) is 0 Å². The second-order valence-electron chi connectivity index (χ2n) is 13.2. The molecule has 0 aliphatic carbocycles.